The molecule has 7 heteroatoms. The van der Waals surface area contributed by atoms with Gasteiger partial charge in [0.15, 0.2) is 11.5 Å². The minimum atomic E-state index is -0.0618. The fourth-order valence-electron chi connectivity index (χ4n) is 3.35. The van der Waals surface area contributed by atoms with Crippen LogP contribution in [0.3, 0.4) is 0 Å². The van der Waals surface area contributed by atoms with E-state index in [1.54, 1.807) is 35.5 Å². The predicted molar refractivity (Wildman–Crippen MR) is 114 cm³/mol. The van der Waals surface area contributed by atoms with Gasteiger partial charge in [-0.05, 0) is 42.8 Å². The highest BCUT2D eigenvalue weighted by Crippen LogP contribution is 2.30. The number of nitrogens with zero attached hydrogens (tertiary/aromatic N) is 3. The molecule has 0 N–H and O–H groups in total. The van der Waals surface area contributed by atoms with Crippen LogP contribution in [0.5, 0.6) is 11.5 Å². The Morgan fingerprint density at radius 1 is 0.967 bits per heavy atom. The van der Waals surface area contributed by atoms with Gasteiger partial charge in [-0.25, -0.2) is 0 Å². The Balaban J connectivity index is 1.66. The maximum atomic E-state index is 13.0. The second-order valence-electron chi connectivity index (χ2n) is 7.51. The number of carbonyl (C=O) groups is 2. The van der Waals surface area contributed by atoms with E-state index in [0.29, 0.717) is 56.5 Å². The fourth-order valence-corrected chi connectivity index (χ4v) is 3.35. The zero-order chi connectivity index (χ0) is 21.5. The van der Waals surface area contributed by atoms with Gasteiger partial charge in [0.2, 0.25) is 5.91 Å². The Kier molecular flexibility index (Phi) is 7.27. The highest BCUT2D eigenvalue weighted by Gasteiger charge is 2.26. The zero-order valence-corrected chi connectivity index (χ0v) is 17.8. The van der Waals surface area contributed by atoms with Gasteiger partial charge in [-0.1, -0.05) is 13.8 Å². The minimum Gasteiger partial charge on any atom is -0.490 e. The quantitative estimate of drug-likeness (QED) is 0.700. The molecule has 0 aliphatic carbocycles. The lowest BCUT2D eigenvalue weighted by molar-refractivity contribution is -0.135. The van der Waals surface area contributed by atoms with Crippen LogP contribution in [0.2, 0.25) is 0 Å². The van der Waals surface area contributed by atoms with Crippen LogP contribution in [0.4, 0.5) is 0 Å². The number of hydrogen-bond donors (Lipinski definition) is 0. The van der Waals surface area contributed by atoms with Crippen molar-refractivity contribution >= 4 is 11.8 Å². The van der Waals surface area contributed by atoms with E-state index in [0.717, 1.165) is 5.56 Å². The summed E-state index contributed by atoms with van der Waals surface area (Å²) in [5, 5.41) is 0. The molecule has 1 aromatic carbocycles. The smallest absolute Gasteiger partial charge is 0.254 e. The van der Waals surface area contributed by atoms with Gasteiger partial charge >= 0.3 is 0 Å². The molecule has 2 aromatic rings. The average Bonchev–Trinajstić information content (AvgIpc) is 2.78. The van der Waals surface area contributed by atoms with Crippen molar-refractivity contribution < 1.29 is 19.1 Å². The van der Waals surface area contributed by atoms with Crippen molar-refractivity contribution in [2.45, 2.75) is 27.4 Å². The van der Waals surface area contributed by atoms with Crippen molar-refractivity contribution in [2.75, 3.05) is 32.8 Å². The van der Waals surface area contributed by atoms with E-state index in [1.165, 1.54) is 0 Å². The molecule has 2 heterocycles. The Labute approximate surface area is 177 Å². The third kappa shape index (κ3) is 5.28. The number of hydrogen-bond acceptors (Lipinski definition) is 5. The van der Waals surface area contributed by atoms with Gasteiger partial charge in [-0.15, -0.1) is 0 Å². The van der Waals surface area contributed by atoms with Gasteiger partial charge in [-0.3, -0.25) is 14.6 Å². The first-order chi connectivity index (χ1) is 14.5. The molecule has 160 valence electrons. The van der Waals surface area contributed by atoms with E-state index in [4.69, 9.17) is 9.47 Å². The molecular formula is C23H29N3O4. The number of aromatic nitrogens is 1. The van der Waals surface area contributed by atoms with Gasteiger partial charge in [0.25, 0.3) is 5.91 Å². The van der Waals surface area contributed by atoms with Gasteiger partial charge in [0, 0.05) is 50.1 Å². The van der Waals surface area contributed by atoms with Crippen molar-refractivity contribution in [1.82, 2.24) is 14.8 Å². The first-order valence-electron chi connectivity index (χ1n) is 10.4. The average molecular weight is 412 g/mol. The summed E-state index contributed by atoms with van der Waals surface area (Å²) in [6, 6.07) is 9.06. The first-order valence-corrected chi connectivity index (χ1v) is 10.4. The van der Waals surface area contributed by atoms with Crippen molar-refractivity contribution in [1.29, 1.82) is 0 Å². The molecule has 1 aliphatic rings. The number of piperazine rings is 1. The van der Waals surface area contributed by atoms with Crippen molar-refractivity contribution in [3.8, 4) is 11.5 Å². The summed E-state index contributed by atoms with van der Waals surface area (Å²) in [5.74, 6) is 1.19. The molecule has 0 saturated carbocycles. The Morgan fingerprint density at radius 2 is 1.63 bits per heavy atom. The van der Waals surface area contributed by atoms with Crippen LogP contribution in [-0.4, -0.2) is 59.4 Å². The Morgan fingerprint density at radius 3 is 2.27 bits per heavy atom. The van der Waals surface area contributed by atoms with Crippen LogP contribution in [-0.2, 0) is 11.4 Å². The Hall–Kier alpha value is -3.09. The molecule has 0 unspecified atom stereocenters. The maximum absolute atomic E-state index is 13.0. The molecule has 0 radical (unpaired) electrons. The summed E-state index contributed by atoms with van der Waals surface area (Å²) >= 11 is 0. The fraction of sp³-hybridized carbons (Fsp3) is 0.435. The number of ether oxygens (including phenoxy) is 2. The largest absolute Gasteiger partial charge is 0.490 e. The number of rotatable bonds is 7. The van der Waals surface area contributed by atoms with E-state index in [9.17, 15) is 9.59 Å². The molecule has 0 spiro atoms. The summed E-state index contributed by atoms with van der Waals surface area (Å²) in [5.41, 5.74) is 1.56. The zero-order valence-electron chi connectivity index (χ0n) is 17.8. The number of pyridine rings is 1. The molecule has 30 heavy (non-hydrogen) atoms. The summed E-state index contributed by atoms with van der Waals surface area (Å²) < 4.78 is 11.6. The topological polar surface area (TPSA) is 72.0 Å². The molecule has 0 atom stereocenters. The van der Waals surface area contributed by atoms with E-state index >= 15 is 0 Å². The molecule has 2 amide bonds. The highest BCUT2D eigenvalue weighted by molar-refractivity contribution is 5.95. The first kappa shape index (κ1) is 21.6. The van der Waals surface area contributed by atoms with Crippen LogP contribution < -0.4 is 9.47 Å². The minimum absolute atomic E-state index is 0.0271. The van der Waals surface area contributed by atoms with Gasteiger partial charge in [-0.2, -0.15) is 0 Å². The van der Waals surface area contributed by atoms with Crippen LogP contribution in [0.1, 0.15) is 36.7 Å². The van der Waals surface area contributed by atoms with E-state index in [1.807, 2.05) is 37.8 Å². The lowest BCUT2D eigenvalue weighted by Gasteiger charge is -2.35. The van der Waals surface area contributed by atoms with Crippen molar-refractivity contribution in [2.24, 2.45) is 5.92 Å². The summed E-state index contributed by atoms with van der Waals surface area (Å²) in [4.78, 5) is 32.7. The third-order valence-electron chi connectivity index (χ3n) is 5.01. The molecule has 1 aromatic heterocycles. The molecule has 3 rings (SSSR count). The van der Waals surface area contributed by atoms with E-state index in [-0.39, 0.29) is 17.7 Å². The van der Waals surface area contributed by atoms with Crippen LogP contribution in [0, 0.1) is 5.92 Å². The van der Waals surface area contributed by atoms with Crippen molar-refractivity contribution in [3.63, 3.8) is 0 Å². The van der Waals surface area contributed by atoms with E-state index < -0.39 is 0 Å². The lowest BCUT2D eigenvalue weighted by Crippen LogP contribution is -2.51. The van der Waals surface area contributed by atoms with Crippen LogP contribution in [0.15, 0.2) is 42.7 Å². The summed E-state index contributed by atoms with van der Waals surface area (Å²) in [6.45, 7) is 8.74. The lowest BCUT2D eigenvalue weighted by atomic mass is 10.1. The third-order valence-corrected chi connectivity index (χ3v) is 5.01. The van der Waals surface area contributed by atoms with Crippen molar-refractivity contribution in [3.05, 3.63) is 53.9 Å². The highest BCUT2D eigenvalue weighted by atomic mass is 16.5. The second-order valence-corrected chi connectivity index (χ2v) is 7.51. The molecule has 7 nitrogen and oxygen atoms in total. The number of amides is 2. The van der Waals surface area contributed by atoms with Gasteiger partial charge in [0.05, 0.1) is 6.61 Å². The van der Waals surface area contributed by atoms with E-state index in [2.05, 4.69) is 4.98 Å². The number of carbonyl (C=O) groups excluding carboxylic acids is 2. The molecule has 0 bridgehead atoms. The standard InChI is InChI=1S/C23H29N3O4/c1-4-29-21-15-19(5-6-20(21)30-16-18-7-9-24-10-8-18)23(28)26-13-11-25(12-14-26)22(27)17(2)3/h5-10,15,17H,4,11-14,16H2,1-3H3. The van der Waals surface area contributed by atoms with Crippen LogP contribution >= 0.6 is 0 Å². The predicted octanol–water partition coefficient (Wildman–Crippen LogP) is 3.00. The molecule has 1 aliphatic heterocycles. The normalized spacial score (nSPS) is 14.0. The molecular weight excluding hydrogens is 382 g/mol. The van der Waals surface area contributed by atoms with Gasteiger partial charge in [0.1, 0.15) is 6.61 Å². The monoisotopic (exact) mass is 411 g/mol. The molecule has 1 saturated heterocycles. The van der Waals surface area contributed by atoms with Crippen LogP contribution in [0.25, 0.3) is 0 Å². The summed E-state index contributed by atoms with van der Waals surface area (Å²) in [7, 11) is 0. The van der Waals surface area contributed by atoms with Gasteiger partial charge < -0.3 is 19.3 Å². The maximum Gasteiger partial charge on any atom is 0.254 e. The SMILES string of the molecule is CCOc1cc(C(=O)N2CCN(C(=O)C(C)C)CC2)ccc1OCc1ccncc1. The number of benzene rings is 1. The molecule has 1 fully saturated rings. The second kappa shape index (κ2) is 10.1. The summed E-state index contributed by atoms with van der Waals surface area (Å²) in [6.07, 6.45) is 3.44. The Bertz CT molecular complexity index is 862.